The first kappa shape index (κ1) is 13.0. The van der Waals surface area contributed by atoms with E-state index in [-0.39, 0.29) is 6.04 Å². The highest BCUT2D eigenvalue weighted by atomic mass is 79.9. The van der Waals surface area contributed by atoms with E-state index in [1.54, 1.807) is 26.5 Å². The van der Waals surface area contributed by atoms with Gasteiger partial charge in [0.05, 0.1) is 31.0 Å². The van der Waals surface area contributed by atoms with Crippen LogP contribution in [0.2, 0.25) is 0 Å². The molecule has 5 heteroatoms. The molecular formula is C13H14BrNO3. The van der Waals surface area contributed by atoms with Crippen molar-refractivity contribution in [3.63, 3.8) is 0 Å². The lowest BCUT2D eigenvalue weighted by Crippen LogP contribution is -2.11. The van der Waals surface area contributed by atoms with Crippen molar-refractivity contribution in [1.82, 2.24) is 0 Å². The van der Waals surface area contributed by atoms with E-state index >= 15 is 0 Å². The summed E-state index contributed by atoms with van der Waals surface area (Å²) in [5.74, 6) is 2.07. The van der Waals surface area contributed by atoms with Gasteiger partial charge < -0.3 is 19.6 Å². The van der Waals surface area contributed by atoms with E-state index in [2.05, 4.69) is 15.9 Å². The summed E-state index contributed by atoms with van der Waals surface area (Å²) in [6.07, 6.45) is 1.59. The average molecular weight is 312 g/mol. The van der Waals surface area contributed by atoms with Crippen LogP contribution in [0, 0.1) is 0 Å². The number of nitrogens with two attached hydrogens (primary N) is 1. The van der Waals surface area contributed by atoms with Crippen LogP contribution < -0.4 is 15.2 Å². The number of ether oxygens (including phenoxy) is 2. The molecule has 2 rings (SSSR count). The molecule has 0 spiro atoms. The van der Waals surface area contributed by atoms with Crippen LogP contribution in [0.5, 0.6) is 11.5 Å². The summed E-state index contributed by atoms with van der Waals surface area (Å²) in [7, 11) is 3.21. The molecular weight excluding hydrogens is 298 g/mol. The zero-order valence-corrected chi connectivity index (χ0v) is 11.7. The monoisotopic (exact) mass is 311 g/mol. The lowest BCUT2D eigenvalue weighted by Gasteiger charge is -2.13. The summed E-state index contributed by atoms with van der Waals surface area (Å²) in [5.41, 5.74) is 7.04. The van der Waals surface area contributed by atoms with Crippen molar-refractivity contribution in [2.45, 2.75) is 6.04 Å². The maximum atomic E-state index is 6.17. The highest BCUT2D eigenvalue weighted by Gasteiger charge is 2.17. The van der Waals surface area contributed by atoms with E-state index in [9.17, 15) is 0 Å². The third-order valence-electron chi connectivity index (χ3n) is 2.66. The Balaban J connectivity index is 2.41. The normalized spacial score (nSPS) is 12.2. The zero-order chi connectivity index (χ0) is 13.1. The molecule has 0 saturated carbocycles. The standard InChI is InChI=1S/C13H14BrNO3/c1-16-9-5-8(6-10(7-9)17-2)12(15)13-11(14)3-4-18-13/h3-7,12H,15H2,1-2H3. The highest BCUT2D eigenvalue weighted by Crippen LogP contribution is 2.32. The fourth-order valence-electron chi connectivity index (χ4n) is 1.69. The summed E-state index contributed by atoms with van der Waals surface area (Å²) in [6, 6.07) is 6.96. The smallest absolute Gasteiger partial charge is 0.139 e. The summed E-state index contributed by atoms with van der Waals surface area (Å²) in [4.78, 5) is 0. The predicted molar refractivity (Wildman–Crippen MR) is 72.0 cm³/mol. The van der Waals surface area contributed by atoms with Crippen LogP contribution in [-0.4, -0.2) is 14.2 Å². The molecule has 18 heavy (non-hydrogen) atoms. The largest absolute Gasteiger partial charge is 0.497 e. The second-order valence-corrected chi connectivity index (χ2v) is 4.61. The number of rotatable bonds is 4. The van der Waals surface area contributed by atoms with Crippen LogP contribution in [0.1, 0.15) is 17.4 Å². The molecule has 1 aromatic carbocycles. The van der Waals surface area contributed by atoms with E-state index in [4.69, 9.17) is 19.6 Å². The van der Waals surface area contributed by atoms with Gasteiger partial charge in [0.2, 0.25) is 0 Å². The molecule has 4 nitrogen and oxygen atoms in total. The first-order valence-corrected chi connectivity index (χ1v) is 6.16. The third kappa shape index (κ3) is 2.52. The molecule has 0 amide bonds. The van der Waals surface area contributed by atoms with Gasteiger partial charge in [0.25, 0.3) is 0 Å². The number of furan rings is 1. The van der Waals surface area contributed by atoms with Crippen molar-refractivity contribution < 1.29 is 13.9 Å². The van der Waals surface area contributed by atoms with Crippen LogP contribution in [-0.2, 0) is 0 Å². The Hall–Kier alpha value is -1.46. The van der Waals surface area contributed by atoms with Gasteiger partial charge in [-0.3, -0.25) is 0 Å². The second-order valence-electron chi connectivity index (χ2n) is 3.76. The van der Waals surface area contributed by atoms with Crippen molar-refractivity contribution >= 4 is 15.9 Å². The molecule has 2 N–H and O–H groups in total. The van der Waals surface area contributed by atoms with Gasteiger partial charge in [-0.25, -0.2) is 0 Å². The molecule has 1 aromatic heterocycles. The van der Waals surface area contributed by atoms with Gasteiger partial charge in [-0.2, -0.15) is 0 Å². The van der Waals surface area contributed by atoms with Gasteiger partial charge in [-0.05, 0) is 39.7 Å². The Kier molecular flexibility index (Phi) is 3.93. The summed E-state index contributed by atoms with van der Waals surface area (Å²) in [6.45, 7) is 0. The summed E-state index contributed by atoms with van der Waals surface area (Å²) >= 11 is 3.40. The topological polar surface area (TPSA) is 57.6 Å². The van der Waals surface area contributed by atoms with Crippen molar-refractivity contribution in [2.24, 2.45) is 5.73 Å². The van der Waals surface area contributed by atoms with Crippen molar-refractivity contribution in [1.29, 1.82) is 0 Å². The minimum atomic E-state index is -0.377. The molecule has 2 aromatic rings. The molecule has 0 aliphatic rings. The lowest BCUT2D eigenvalue weighted by molar-refractivity contribution is 0.392. The van der Waals surface area contributed by atoms with Gasteiger partial charge in [0, 0.05) is 6.07 Å². The van der Waals surface area contributed by atoms with Crippen LogP contribution in [0.25, 0.3) is 0 Å². The quantitative estimate of drug-likeness (QED) is 0.942. The van der Waals surface area contributed by atoms with Gasteiger partial charge in [-0.1, -0.05) is 0 Å². The lowest BCUT2D eigenvalue weighted by atomic mass is 10.0. The second kappa shape index (κ2) is 5.46. The first-order chi connectivity index (χ1) is 8.65. The number of methoxy groups -OCH3 is 2. The maximum Gasteiger partial charge on any atom is 0.139 e. The Labute approximate surface area is 114 Å². The van der Waals surface area contributed by atoms with E-state index in [1.165, 1.54) is 0 Å². The van der Waals surface area contributed by atoms with Crippen LogP contribution >= 0.6 is 15.9 Å². The summed E-state index contributed by atoms with van der Waals surface area (Å²) in [5, 5.41) is 0. The minimum absolute atomic E-state index is 0.377. The minimum Gasteiger partial charge on any atom is -0.497 e. The zero-order valence-electron chi connectivity index (χ0n) is 10.1. The maximum absolute atomic E-state index is 6.17. The SMILES string of the molecule is COc1cc(OC)cc(C(N)c2occc2Br)c1. The van der Waals surface area contributed by atoms with Crippen LogP contribution in [0.15, 0.2) is 39.4 Å². The number of hydrogen-bond acceptors (Lipinski definition) is 4. The van der Waals surface area contributed by atoms with Gasteiger partial charge in [0.15, 0.2) is 0 Å². The fourth-order valence-corrected chi connectivity index (χ4v) is 2.14. The van der Waals surface area contributed by atoms with Crippen molar-refractivity contribution in [3.8, 4) is 11.5 Å². The highest BCUT2D eigenvalue weighted by molar-refractivity contribution is 9.10. The molecule has 1 unspecified atom stereocenters. The van der Waals surface area contributed by atoms with Crippen LogP contribution in [0.4, 0.5) is 0 Å². The molecule has 0 aliphatic carbocycles. The van der Waals surface area contributed by atoms with Gasteiger partial charge >= 0.3 is 0 Å². The van der Waals surface area contributed by atoms with E-state index in [1.807, 2.05) is 18.2 Å². The Morgan fingerprint density at radius 2 is 1.78 bits per heavy atom. The van der Waals surface area contributed by atoms with Crippen molar-refractivity contribution in [2.75, 3.05) is 14.2 Å². The van der Waals surface area contributed by atoms with E-state index in [0.29, 0.717) is 17.3 Å². The van der Waals surface area contributed by atoms with E-state index in [0.717, 1.165) is 10.0 Å². The molecule has 0 bridgehead atoms. The molecule has 1 heterocycles. The van der Waals surface area contributed by atoms with Gasteiger partial charge in [0.1, 0.15) is 17.3 Å². The summed E-state index contributed by atoms with van der Waals surface area (Å²) < 4.78 is 16.7. The predicted octanol–water partition coefficient (Wildman–Crippen LogP) is 3.11. The number of halogens is 1. The number of hydrogen-bond donors (Lipinski definition) is 1. The Morgan fingerprint density at radius 1 is 1.17 bits per heavy atom. The van der Waals surface area contributed by atoms with Crippen molar-refractivity contribution in [3.05, 3.63) is 46.3 Å². The molecule has 0 saturated heterocycles. The molecule has 0 fully saturated rings. The molecule has 0 aliphatic heterocycles. The first-order valence-electron chi connectivity index (χ1n) is 5.37. The molecule has 96 valence electrons. The average Bonchev–Trinajstić information content (AvgIpc) is 2.83. The third-order valence-corrected chi connectivity index (χ3v) is 3.32. The Morgan fingerprint density at radius 3 is 2.22 bits per heavy atom. The Bertz CT molecular complexity index is 517. The van der Waals surface area contributed by atoms with Crippen LogP contribution in [0.3, 0.4) is 0 Å². The molecule has 0 radical (unpaired) electrons. The number of benzene rings is 1. The van der Waals surface area contributed by atoms with E-state index < -0.39 is 0 Å². The molecule has 1 atom stereocenters. The van der Waals surface area contributed by atoms with Gasteiger partial charge in [-0.15, -0.1) is 0 Å². The fraction of sp³-hybridized carbons (Fsp3) is 0.231.